The van der Waals surface area contributed by atoms with Gasteiger partial charge >= 0.3 is 0 Å². The fourth-order valence-corrected chi connectivity index (χ4v) is 2.10. The molecular weight excluding hydrogens is 262 g/mol. The number of hydrogen-bond donors (Lipinski definition) is 2. The lowest BCUT2D eigenvalue weighted by Gasteiger charge is -2.13. The van der Waals surface area contributed by atoms with Crippen molar-refractivity contribution in [2.45, 2.75) is 83.3 Å². The molecule has 6 heteroatoms. The van der Waals surface area contributed by atoms with Gasteiger partial charge in [-0.1, -0.05) is 51.9 Å². The Balaban J connectivity index is 3.35. The molecule has 0 heterocycles. The van der Waals surface area contributed by atoms with Crippen molar-refractivity contribution in [1.82, 2.24) is 0 Å². The molecule has 0 fully saturated rings. The highest BCUT2D eigenvalue weighted by atomic mass is 17.0. The van der Waals surface area contributed by atoms with Gasteiger partial charge in [-0.15, -0.1) is 10.1 Å². The molecular formula is C14H29NO5. The minimum atomic E-state index is -0.918. The molecule has 6 nitrogen and oxygen atoms in total. The van der Waals surface area contributed by atoms with Crippen molar-refractivity contribution in [3.05, 3.63) is 10.1 Å². The molecule has 0 aliphatic heterocycles. The SMILES string of the molecule is CCCCCCCCCC(O)CCC(O)CO[N+](=O)[O-]. The van der Waals surface area contributed by atoms with E-state index < -0.39 is 17.3 Å². The van der Waals surface area contributed by atoms with Crippen molar-refractivity contribution in [3.63, 3.8) is 0 Å². The van der Waals surface area contributed by atoms with E-state index >= 15 is 0 Å². The first-order chi connectivity index (χ1) is 9.56. The van der Waals surface area contributed by atoms with Gasteiger partial charge in [-0.3, -0.25) is 0 Å². The monoisotopic (exact) mass is 291 g/mol. The summed E-state index contributed by atoms with van der Waals surface area (Å²) in [5, 5.41) is 28.1. The van der Waals surface area contributed by atoms with E-state index in [1.165, 1.54) is 32.1 Å². The lowest BCUT2D eigenvalue weighted by atomic mass is 10.0. The first-order valence-electron chi connectivity index (χ1n) is 7.69. The van der Waals surface area contributed by atoms with Crippen LogP contribution in [-0.2, 0) is 4.84 Å². The summed E-state index contributed by atoms with van der Waals surface area (Å²) < 4.78 is 0. The van der Waals surface area contributed by atoms with E-state index in [1.807, 2.05) is 0 Å². The average molecular weight is 291 g/mol. The Hall–Kier alpha value is -0.880. The van der Waals surface area contributed by atoms with E-state index in [4.69, 9.17) is 0 Å². The average Bonchev–Trinajstić information content (AvgIpc) is 2.41. The zero-order chi connectivity index (χ0) is 15.2. The van der Waals surface area contributed by atoms with Gasteiger partial charge in [-0.25, -0.2) is 0 Å². The van der Waals surface area contributed by atoms with Crippen LogP contribution in [0.15, 0.2) is 0 Å². The Morgan fingerprint density at radius 2 is 1.50 bits per heavy atom. The molecule has 0 saturated carbocycles. The van der Waals surface area contributed by atoms with Crippen LogP contribution in [0.25, 0.3) is 0 Å². The Kier molecular flexibility index (Phi) is 12.5. The van der Waals surface area contributed by atoms with Gasteiger partial charge in [0.25, 0.3) is 5.09 Å². The summed E-state index contributed by atoms with van der Waals surface area (Å²) in [6.07, 6.45) is 8.64. The minimum absolute atomic E-state index is 0.322. The van der Waals surface area contributed by atoms with Gasteiger partial charge in [0.2, 0.25) is 0 Å². The Bertz CT molecular complexity index is 238. The highest BCUT2D eigenvalue weighted by Crippen LogP contribution is 2.12. The van der Waals surface area contributed by atoms with Gasteiger partial charge in [-0.05, 0) is 19.3 Å². The van der Waals surface area contributed by atoms with Crippen LogP contribution in [0.5, 0.6) is 0 Å². The fraction of sp³-hybridized carbons (Fsp3) is 1.00. The molecule has 0 amide bonds. The molecule has 2 atom stereocenters. The van der Waals surface area contributed by atoms with Crippen LogP contribution < -0.4 is 0 Å². The predicted octanol–water partition coefficient (Wildman–Crippen LogP) is 2.84. The second kappa shape index (κ2) is 13.1. The smallest absolute Gasteiger partial charge is 0.294 e. The van der Waals surface area contributed by atoms with Gasteiger partial charge in [-0.2, -0.15) is 0 Å². The van der Waals surface area contributed by atoms with E-state index in [0.717, 1.165) is 19.3 Å². The molecule has 0 aliphatic carbocycles. The van der Waals surface area contributed by atoms with Crippen molar-refractivity contribution in [2.75, 3.05) is 6.61 Å². The molecule has 2 N–H and O–H groups in total. The predicted molar refractivity (Wildman–Crippen MR) is 76.8 cm³/mol. The normalized spacial score (nSPS) is 13.9. The van der Waals surface area contributed by atoms with Crippen LogP contribution in [0, 0.1) is 10.1 Å². The third-order valence-electron chi connectivity index (χ3n) is 3.35. The van der Waals surface area contributed by atoms with Gasteiger partial charge in [0, 0.05) is 0 Å². The van der Waals surface area contributed by atoms with Crippen LogP contribution in [-0.4, -0.2) is 34.1 Å². The van der Waals surface area contributed by atoms with Gasteiger partial charge in [0.05, 0.1) is 12.2 Å². The van der Waals surface area contributed by atoms with Gasteiger partial charge < -0.3 is 15.1 Å². The molecule has 0 saturated heterocycles. The molecule has 0 radical (unpaired) electrons. The molecule has 0 rings (SSSR count). The Labute approximate surface area is 121 Å². The van der Waals surface area contributed by atoms with Crippen molar-refractivity contribution >= 4 is 0 Å². The molecule has 2 unspecified atom stereocenters. The molecule has 120 valence electrons. The summed E-state index contributed by atoms with van der Waals surface area (Å²) in [5.74, 6) is 0. The second-order valence-corrected chi connectivity index (χ2v) is 5.31. The third kappa shape index (κ3) is 13.5. The maximum Gasteiger partial charge on any atom is 0.294 e. The summed E-state index contributed by atoms with van der Waals surface area (Å²) in [6.45, 7) is 1.87. The fourth-order valence-electron chi connectivity index (χ4n) is 2.10. The molecule has 0 aromatic carbocycles. The molecule has 0 aromatic rings. The summed E-state index contributed by atoms with van der Waals surface area (Å²) in [5.41, 5.74) is 0. The van der Waals surface area contributed by atoms with Gasteiger partial charge in [0.15, 0.2) is 0 Å². The number of rotatable bonds is 14. The summed E-state index contributed by atoms with van der Waals surface area (Å²) >= 11 is 0. The molecule has 0 bridgehead atoms. The van der Waals surface area contributed by atoms with E-state index in [1.54, 1.807) is 0 Å². The topological polar surface area (TPSA) is 92.8 Å². The van der Waals surface area contributed by atoms with Crippen LogP contribution in [0.4, 0.5) is 0 Å². The number of hydrogen-bond acceptors (Lipinski definition) is 5. The van der Waals surface area contributed by atoms with E-state index in [0.29, 0.717) is 12.8 Å². The summed E-state index contributed by atoms with van der Waals surface area (Å²) in [4.78, 5) is 14.0. The highest BCUT2D eigenvalue weighted by Gasteiger charge is 2.10. The standard InChI is InChI=1S/C14H29NO5/c1-2-3-4-5-6-7-8-9-13(16)10-11-14(17)12-20-15(18)19/h13-14,16-17H,2-12H2,1H3. The maximum absolute atomic E-state index is 9.93. The van der Waals surface area contributed by atoms with Crippen molar-refractivity contribution in [2.24, 2.45) is 0 Å². The van der Waals surface area contributed by atoms with E-state index in [-0.39, 0.29) is 6.61 Å². The molecule has 0 spiro atoms. The van der Waals surface area contributed by atoms with Crippen LogP contribution in [0.3, 0.4) is 0 Å². The van der Waals surface area contributed by atoms with Crippen LogP contribution in [0.1, 0.15) is 71.1 Å². The largest absolute Gasteiger partial charge is 0.393 e. The molecule has 0 aromatic heterocycles. The zero-order valence-electron chi connectivity index (χ0n) is 12.5. The van der Waals surface area contributed by atoms with Crippen LogP contribution >= 0.6 is 0 Å². The highest BCUT2D eigenvalue weighted by molar-refractivity contribution is 4.61. The number of nitrogens with zero attached hydrogens (tertiary/aromatic N) is 1. The number of aliphatic hydroxyl groups excluding tert-OH is 2. The van der Waals surface area contributed by atoms with Crippen LogP contribution in [0.2, 0.25) is 0 Å². The molecule has 0 aliphatic rings. The summed E-state index contributed by atoms with van der Waals surface area (Å²) in [7, 11) is 0. The minimum Gasteiger partial charge on any atom is -0.393 e. The van der Waals surface area contributed by atoms with Crippen molar-refractivity contribution in [3.8, 4) is 0 Å². The number of aliphatic hydroxyl groups is 2. The Morgan fingerprint density at radius 3 is 2.10 bits per heavy atom. The first kappa shape index (κ1) is 19.1. The van der Waals surface area contributed by atoms with E-state index in [9.17, 15) is 20.3 Å². The third-order valence-corrected chi connectivity index (χ3v) is 3.35. The van der Waals surface area contributed by atoms with Crippen molar-refractivity contribution in [1.29, 1.82) is 0 Å². The zero-order valence-corrected chi connectivity index (χ0v) is 12.5. The lowest BCUT2D eigenvalue weighted by Crippen LogP contribution is -2.20. The summed E-state index contributed by atoms with van der Waals surface area (Å²) in [6, 6.07) is 0. The van der Waals surface area contributed by atoms with Crippen molar-refractivity contribution < 1.29 is 20.1 Å². The van der Waals surface area contributed by atoms with E-state index in [2.05, 4.69) is 11.8 Å². The van der Waals surface area contributed by atoms with Gasteiger partial charge in [0.1, 0.15) is 6.61 Å². The lowest BCUT2D eigenvalue weighted by molar-refractivity contribution is -0.759. The number of unbranched alkanes of at least 4 members (excludes halogenated alkanes) is 6. The quantitative estimate of drug-likeness (QED) is 0.291. The maximum atomic E-state index is 9.93. The second-order valence-electron chi connectivity index (χ2n) is 5.31. The molecule has 20 heavy (non-hydrogen) atoms. The Morgan fingerprint density at radius 1 is 0.950 bits per heavy atom. The first-order valence-corrected chi connectivity index (χ1v) is 7.69.